The van der Waals surface area contributed by atoms with E-state index in [1.165, 1.54) is 167 Å². The van der Waals surface area contributed by atoms with E-state index in [9.17, 15) is 0 Å². The average Bonchev–Trinajstić information content (AvgIpc) is 4.19. The highest BCUT2D eigenvalue weighted by Gasteiger charge is 2.51. The smallest absolute Gasteiger partial charge is 0.122 e. The Kier molecular flexibility index (Phi) is 17.6. The van der Waals surface area contributed by atoms with Crippen LogP contribution in [-0.4, -0.2) is 24.9 Å². The molecule has 0 saturated heterocycles. The Morgan fingerprint density at radius 1 is 0.446 bits per heavy atom. The molecule has 0 spiro atoms. The number of benzene rings is 1. The minimum atomic E-state index is -2.07. The van der Waals surface area contributed by atoms with Gasteiger partial charge in [0.25, 0.3) is 0 Å². The van der Waals surface area contributed by atoms with Crippen LogP contribution in [0.2, 0.25) is 24.2 Å². The van der Waals surface area contributed by atoms with Gasteiger partial charge in [0.15, 0.2) is 0 Å². The predicted molar refractivity (Wildman–Crippen MR) is 309 cm³/mol. The molecule has 0 radical (unpaired) electrons. The number of halogens is 2. The second-order valence-electron chi connectivity index (χ2n) is 20.1. The summed E-state index contributed by atoms with van der Waals surface area (Å²) in [6, 6.07) is 21.1. The van der Waals surface area contributed by atoms with Crippen LogP contribution in [0.15, 0.2) is 44.0 Å². The summed E-state index contributed by atoms with van der Waals surface area (Å²) in [7, 11) is -4.15. The fraction of sp³-hybridized carbons (Fsp3) is 0.593. The molecule has 4 unspecified atom stereocenters. The summed E-state index contributed by atoms with van der Waals surface area (Å²) in [5.74, 6) is 3.14. The van der Waals surface area contributed by atoms with Crippen LogP contribution in [0, 0.1) is 23.7 Å². The normalized spacial score (nSPS) is 19.4. The van der Waals surface area contributed by atoms with Crippen molar-refractivity contribution >= 4 is 137 Å². The van der Waals surface area contributed by atoms with Gasteiger partial charge in [-0.2, -0.15) is 8.75 Å². The highest BCUT2D eigenvalue weighted by Crippen LogP contribution is 2.51. The summed E-state index contributed by atoms with van der Waals surface area (Å²) in [6.07, 6.45) is 21.1. The van der Waals surface area contributed by atoms with Crippen LogP contribution in [0.25, 0.3) is 51.4 Å². The van der Waals surface area contributed by atoms with Crippen molar-refractivity contribution in [3.05, 3.63) is 44.0 Å². The molecule has 5 aromatic heterocycles. The van der Waals surface area contributed by atoms with E-state index < -0.39 is 16.1 Å². The third-order valence-corrected chi connectivity index (χ3v) is 34.0. The first-order chi connectivity index (χ1) is 31.6. The van der Waals surface area contributed by atoms with Gasteiger partial charge < -0.3 is 0 Å². The predicted octanol–water partition coefficient (Wildman–Crippen LogP) is 18.7. The lowest BCUT2D eigenvalue weighted by Gasteiger charge is -2.35. The lowest BCUT2D eigenvalue weighted by atomic mass is 10.0. The molecule has 0 N–H and O–H groups in total. The Morgan fingerprint density at radius 3 is 1.06 bits per heavy atom. The maximum Gasteiger partial charge on any atom is 0.122 e. The SMILES string of the molecule is CCCCC(CC)C[Si]1(CC(CC)CCCC)c2cc(Br)sc2-c2sc(-c3ccc(-c4cc5c(s4)-c4sc(Br)cc4[Si]5(CC(CC)CCCC)CC(CC)CCCC)c4nsnc34)cc21. The summed E-state index contributed by atoms with van der Waals surface area (Å²) in [5, 5.41) is 7.00. The third-order valence-electron chi connectivity index (χ3n) is 16.0. The summed E-state index contributed by atoms with van der Waals surface area (Å²) >= 11 is 17.6. The van der Waals surface area contributed by atoms with Crippen LogP contribution < -0.4 is 20.7 Å². The molecular weight excluding hydrogens is 1050 g/mol. The molecule has 1 aromatic carbocycles. The van der Waals surface area contributed by atoms with Crippen LogP contribution in [0.5, 0.6) is 0 Å². The minimum Gasteiger partial charge on any atom is -0.172 e. The number of hydrogen-bond donors (Lipinski definition) is 0. The van der Waals surface area contributed by atoms with Gasteiger partial charge in [-0.3, -0.25) is 0 Å². The van der Waals surface area contributed by atoms with E-state index >= 15 is 0 Å². The van der Waals surface area contributed by atoms with Gasteiger partial charge >= 0.3 is 0 Å². The van der Waals surface area contributed by atoms with Crippen LogP contribution in [0.4, 0.5) is 0 Å². The highest BCUT2D eigenvalue weighted by atomic mass is 79.9. The number of hydrogen-bond acceptors (Lipinski definition) is 7. The van der Waals surface area contributed by atoms with E-state index in [-0.39, 0.29) is 0 Å². The molecule has 8 rings (SSSR count). The molecule has 352 valence electrons. The van der Waals surface area contributed by atoms with Gasteiger partial charge in [-0.05, 0) is 125 Å². The Hall–Kier alpha value is -0.766. The van der Waals surface area contributed by atoms with Gasteiger partial charge in [0.05, 0.1) is 19.3 Å². The standard InChI is InChI=1S/C54H74Br2N2S5Si2/c1-9-17-21-35(13-5)31-64(32-36(14-6)22-18-10-2)43-27-41(59-51(43)53-45(64)29-47(55)61-53)39-25-26-40(50-49(39)57-63-58-50)42-28-44-52(60-42)54-46(30-48(56)62-54)65(44,33-37(15-7)23-19-11-3)34-38(16-8)24-20-12-4/h25-30,35-38H,9-24,31-34H2,1-8H3. The zero-order valence-corrected chi connectivity index (χ0v) is 49.9. The Balaban J connectivity index is 1.23. The quantitative estimate of drug-likeness (QED) is 0.0506. The van der Waals surface area contributed by atoms with E-state index in [1.54, 1.807) is 40.3 Å². The second kappa shape index (κ2) is 22.5. The molecule has 2 aliphatic heterocycles. The van der Waals surface area contributed by atoms with Crippen molar-refractivity contribution in [1.82, 2.24) is 8.75 Å². The molecule has 7 heterocycles. The van der Waals surface area contributed by atoms with Crippen molar-refractivity contribution in [2.24, 2.45) is 23.7 Å². The van der Waals surface area contributed by atoms with Gasteiger partial charge in [0, 0.05) is 40.4 Å². The molecule has 65 heavy (non-hydrogen) atoms. The van der Waals surface area contributed by atoms with E-state index in [1.807, 2.05) is 22.7 Å². The number of unbranched alkanes of at least 4 members (excludes halogenated alkanes) is 4. The van der Waals surface area contributed by atoms with Crippen molar-refractivity contribution in [2.75, 3.05) is 0 Å². The van der Waals surface area contributed by atoms with Crippen LogP contribution in [0.1, 0.15) is 158 Å². The number of aromatic nitrogens is 2. The number of thiophene rings is 4. The zero-order valence-electron chi connectivity index (χ0n) is 40.6. The lowest BCUT2D eigenvalue weighted by Crippen LogP contribution is -2.56. The molecule has 2 nitrogen and oxygen atoms in total. The Labute approximate surface area is 431 Å². The fourth-order valence-corrected chi connectivity index (χ4v) is 35.0. The molecular formula is C54H74Br2N2S5Si2. The summed E-state index contributed by atoms with van der Waals surface area (Å²) in [5.41, 5.74) is 4.77. The minimum absolute atomic E-state index is 0.786. The topological polar surface area (TPSA) is 25.8 Å². The molecule has 0 aliphatic carbocycles. The first-order valence-corrected chi connectivity index (χ1v) is 36.2. The van der Waals surface area contributed by atoms with Crippen molar-refractivity contribution in [3.8, 4) is 40.4 Å². The number of rotatable bonds is 26. The maximum absolute atomic E-state index is 5.18. The largest absolute Gasteiger partial charge is 0.172 e. The van der Waals surface area contributed by atoms with Crippen molar-refractivity contribution in [3.63, 3.8) is 0 Å². The molecule has 11 heteroatoms. The van der Waals surface area contributed by atoms with Crippen LogP contribution in [0.3, 0.4) is 0 Å². The van der Waals surface area contributed by atoms with Gasteiger partial charge in [0.1, 0.15) is 27.2 Å². The van der Waals surface area contributed by atoms with E-state index in [2.05, 4.69) is 146 Å². The lowest BCUT2D eigenvalue weighted by molar-refractivity contribution is 0.469. The molecule has 0 saturated carbocycles. The third kappa shape index (κ3) is 9.97. The zero-order chi connectivity index (χ0) is 45.9. The summed E-state index contributed by atoms with van der Waals surface area (Å²) < 4.78 is 13.0. The Bertz CT molecular complexity index is 2300. The molecule has 0 amide bonds. The number of nitrogens with zero attached hydrogens (tertiary/aromatic N) is 2. The van der Waals surface area contributed by atoms with Gasteiger partial charge in [0.2, 0.25) is 0 Å². The maximum atomic E-state index is 5.18. The van der Waals surface area contributed by atoms with Gasteiger partial charge in [-0.15, -0.1) is 45.3 Å². The second-order valence-corrected chi connectivity index (χ2v) is 35.7. The molecule has 2 aliphatic rings. The highest BCUT2D eigenvalue weighted by molar-refractivity contribution is 9.11. The van der Waals surface area contributed by atoms with Crippen molar-refractivity contribution in [2.45, 2.75) is 182 Å². The first-order valence-electron chi connectivity index (χ1n) is 25.8. The van der Waals surface area contributed by atoms with Crippen molar-refractivity contribution in [1.29, 1.82) is 0 Å². The number of fused-ring (bicyclic) bond motifs is 7. The van der Waals surface area contributed by atoms with E-state index in [0.717, 1.165) is 34.7 Å². The molecule has 4 atom stereocenters. The monoisotopic (exact) mass is 1120 g/mol. The van der Waals surface area contributed by atoms with Crippen molar-refractivity contribution < 1.29 is 0 Å². The molecule has 0 bridgehead atoms. The Morgan fingerprint density at radius 2 is 0.754 bits per heavy atom. The van der Waals surface area contributed by atoms with Gasteiger partial charge in [-0.1, -0.05) is 170 Å². The fourth-order valence-electron chi connectivity index (χ4n) is 12.2. The van der Waals surface area contributed by atoms with Crippen LogP contribution >= 0.6 is 88.9 Å². The molecule has 6 aromatic rings. The summed E-state index contributed by atoms with van der Waals surface area (Å²) in [6.45, 7) is 19.4. The van der Waals surface area contributed by atoms with Gasteiger partial charge in [-0.25, -0.2) is 0 Å². The molecule has 0 fully saturated rings. The van der Waals surface area contributed by atoms with E-state index in [0.29, 0.717) is 0 Å². The average molecular weight is 1130 g/mol. The van der Waals surface area contributed by atoms with Crippen LogP contribution in [-0.2, 0) is 0 Å². The summed E-state index contributed by atoms with van der Waals surface area (Å²) in [4.78, 5) is 9.12. The van der Waals surface area contributed by atoms with E-state index in [4.69, 9.17) is 8.75 Å². The first kappa shape index (κ1) is 50.6.